The van der Waals surface area contributed by atoms with Gasteiger partial charge in [-0.1, -0.05) is 12.1 Å². The fraction of sp³-hybridized carbons (Fsp3) is 0.462. The van der Waals surface area contributed by atoms with E-state index in [1.807, 2.05) is 6.07 Å². The Kier molecular flexibility index (Phi) is 4.20. The molecule has 1 aromatic rings. The smallest absolute Gasteiger partial charge is 0.244 e. The molecule has 2 rings (SSSR count). The summed E-state index contributed by atoms with van der Waals surface area (Å²) in [6.45, 7) is 0.888. The van der Waals surface area contributed by atoms with Gasteiger partial charge in [0.1, 0.15) is 6.07 Å². The van der Waals surface area contributed by atoms with Crippen molar-refractivity contribution in [2.45, 2.75) is 30.2 Å². The molecule has 2 N–H and O–H groups in total. The molecule has 1 aromatic carbocycles. The number of hydrogen-bond acceptors (Lipinski definition) is 4. The van der Waals surface area contributed by atoms with Crippen LogP contribution in [0.3, 0.4) is 0 Å². The van der Waals surface area contributed by atoms with Gasteiger partial charge in [-0.3, -0.25) is 0 Å². The number of rotatable bonds is 2. The van der Waals surface area contributed by atoms with E-state index < -0.39 is 10.0 Å². The topological polar surface area (TPSA) is 87.2 Å². The Morgan fingerprint density at radius 1 is 1.26 bits per heavy atom. The van der Waals surface area contributed by atoms with E-state index >= 15 is 0 Å². The molecule has 19 heavy (non-hydrogen) atoms. The molecule has 1 aliphatic rings. The van der Waals surface area contributed by atoms with E-state index in [1.165, 1.54) is 16.4 Å². The molecule has 0 spiro atoms. The molecule has 0 radical (unpaired) electrons. The van der Waals surface area contributed by atoms with Crippen molar-refractivity contribution in [2.75, 3.05) is 13.1 Å². The first-order valence-corrected chi connectivity index (χ1v) is 7.74. The lowest BCUT2D eigenvalue weighted by atomic mass is 10.1. The minimum atomic E-state index is -3.60. The predicted molar refractivity (Wildman–Crippen MR) is 71.7 cm³/mol. The number of nitriles is 1. The molecule has 1 heterocycles. The van der Waals surface area contributed by atoms with Crippen LogP contribution in [-0.4, -0.2) is 31.9 Å². The quantitative estimate of drug-likeness (QED) is 0.877. The number of benzene rings is 1. The van der Waals surface area contributed by atoms with Gasteiger partial charge in [-0.25, -0.2) is 8.42 Å². The molecule has 0 bridgehead atoms. The van der Waals surface area contributed by atoms with E-state index in [1.54, 1.807) is 12.1 Å². The van der Waals surface area contributed by atoms with Crippen molar-refractivity contribution in [3.8, 4) is 6.07 Å². The van der Waals surface area contributed by atoms with Crippen LogP contribution in [0.1, 0.15) is 24.8 Å². The molecule has 1 saturated heterocycles. The Bertz CT molecular complexity index is 592. The molecule has 0 saturated carbocycles. The zero-order valence-corrected chi connectivity index (χ0v) is 11.4. The average molecular weight is 279 g/mol. The molecule has 0 amide bonds. The summed E-state index contributed by atoms with van der Waals surface area (Å²) in [6, 6.07) is 8.30. The van der Waals surface area contributed by atoms with E-state index in [0.717, 1.165) is 12.8 Å². The first kappa shape index (κ1) is 14.0. The summed E-state index contributed by atoms with van der Waals surface area (Å²) in [5.41, 5.74) is 6.05. The lowest BCUT2D eigenvalue weighted by molar-refractivity contribution is 0.421. The van der Waals surface area contributed by atoms with E-state index in [2.05, 4.69) is 0 Å². The standard InChI is InChI=1S/C13H17N3O2S/c14-10-11-4-1-2-6-13(11)19(17,18)16-8-3-5-12(15)7-9-16/h1-2,4,6,12H,3,5,7-9,15H2. The Morgan fingerprint density at radius 3 is 2.74 bits per heavy atom. The van der Waals surface area contributed by atoms with Crippen molar-refractivity contribution in [1.82, 2.24) is 4.31 Å². The molecule has 6 heteroatoms. The SMILES string of the molecule is N#Cc1ccccc1S(=O)(=O)N1CCCC(N)CC1. The summed E-state index contributed by atoms with van der Waals surface area (Å²) in [5.74, 6) is 0. The number of nitrogens with two attached hydrogens (primary N) is 1. The second-order valence-corrected chi connectivity index (χ2v) is 6.61. The molecule has 1 unspecified atom stereocenters. The van der Waals surface area contributed by atoms with Crippen molar-refractivity contribution in [1.29, 1.82) is 5.26 Å². The third-order valence-corrected chi connectivity index (χ3v) is 5.31. The minimum absolute atomic E-state index is 0.0615. The zero-order valence-electron chi connectivity index (χ0n) is 10.6. The zero-order chi connectivity index (χ0) is 13.9. The van der Waals surface area contributed by atoms with Gasteiger partial charge < -0.3 is 5.73 Å². The highest BCUT2D eigenvalue weighted by molar-refractivity contribution is 7.89. The summed E-state index contributed by atoms with van der Waals surface area (Å²) < 4.78 is 26.6. The third kappa shape index (κ3) is 2.95. The maximum Gasteiger partial charge on any atom is 0.244 e. The normalized spacial score (nSPS) is 21.6. The fourth-order valence-electron chi connectivity index (χ4n) is 2.26. The molecule has 1 fully saturated rings. The van der Waals surface area contributed by atoms with Crippen LogP contribution in [0, 0.1) is 11.3 Å². The monoisotopic (exact) mass is 279 g/mol. The van der Waals surface area contributed by atoms with Gasteiger partial charge >= 0.3 is 0 Å². The summed E-state index contributed by atoms with van der Waals surface area (Å²) >= 11 is 0. The molecule has 0 aliphatic carbocycles. The van der Waals surface area contributed by atoms with Crippen molar-refractivity contribution in [3.63, 3.8) is 0 Å². The van der Waals surface area contributed by atoms with E-state index in [-0.39, 0.29) is 16.5 Å². The van der Waals surface area contributed by atoms with Crippen molar-refractivity contribution < 1.29 is 8.42 Å². The largest absolute Gasteiger partial charge is 0.328 e. The molecule has 0 aromatic heterocycles. The van der Waals surface area contributed by atoms with Crippen LogP contribution in [0.5, 0.6) is 0 Å². The number of hydrogen-bond donors (Lipinski definition) is 1. The van der Waals surface area contributed by atoms with Gasteiger partial charge in [0.2, 0.25) is 10.0 Å². The maximum atomic E-state index is 12.6. The second-order valence-electron chi connectivity index (χ2n) is 4.70. The number of sulfonamides is 1. The van der Waals surface area contributed by atoms with Crippen molar-refractivity contribution in [2.24, 2.45) is 5.73 Å². The van der Waals surface area contributed by atoms with Crippen LogP contribution < -0.4 is 5.73 Å². The summed E-state index contributed by atoms with van der Waals surface area (Å²) in [6.07, 6.45) is 2.26. The van der Waals surface area contributed by atoms with Gasteiger partial charge in [-0.2, -0.15) is 9.57 Å². The number of nitrogens with zero attached hydrogens (tertiary/aromatic N) is 2. The average Bonchev–Trinajstić information content (AvgIpc) is 2.64. The molecule has 1 atom stereocenters. The van der Waals surface area contributed by atoms with Crippen molar-refractivity contribution >= 4 is 10.0 Å². The molecular formula is C13H17N3O2S. The third-order valence-electron chi connectivity index (χ3n) is 3.36. The maximum absolute atomic E-state index is 12.6. The fourth-order valence-corrected chi connectivity index (χ4v) is 3.89. The van der Waals surface area contributed by atoms with Gasteiger partial charge in [0, 0.05) is 19.1 Å². The lowest BCUT2D eigenvalue weighted by Crippen LogP contribution is -2.33. The van der Waals surface area contributed by atoms with Crippen LogP contribution in [-0.2, 0) is 10.0 Å². The van der Waals surface area contributed by atoms with Gasteiger partial charge in [-0.15, -0.1) is 0 Å². The highest BCUT2D eigenvalue weighted by Gasteiger charge is 2.28. The van der Waals surface area contributed by atoms with Crippen LogP contribution in [0.15, 0.2) is 29.2 Å². The first-order chi connectivity index (χ1) is 9.05. The van der Waals surface area contributed by atoms with Crippen LogP contribution in [0.25, 0.3) is 0 Å². The highest BCUT2D eigenvalue weighted by Crippen LogP contribution is 2.22. The van der Waals surface area contributed by atoms with Gasteiger partial charge in [-0.05, 0) is 31.4 Å². The first-order valence-electron chi connectivity index (χ1n) is 6.30. The molecule has 5 nitrogen and oxygen atoms in total. The van der Waals surface area contributed by atoms with E-state index in [0.29, 0.717) is 19.5 Å². The summed E-state index contributed by atoms with van der Waals surface area (Å²) in [7, 11) is -3.60. The van der Waals surface area contributed by atoms with Gasteiger partial charge in [0.25, 0.3) is 0 Å². The summed E-state index contributed by atoms with van der Waals surface area (Å²) in [4.78, 5) is 0.0907. The van der Waals surface area contributed by atoms with Crippen molar-refractivity contribution in [3.05, 3.63) is 29.8 Å². The Labute approximate surface area is 113 Å². The molecular weight excluding hydrogens is 262 g/mol. The molecule has 1 aliphatic heterocycles. The minimum Gasteiger partial charge on any atom is -0.328 e. The Morgan fingerprint density at radius 2 is 2.00 bits per heavy atom. The van der Waals surface area contributed by atoms with Gasteiger partial charge in [0.15, 0.2) is 0 Å². The lowest BCUT2D eigenvalue weighted by Gasteiger charge is -2.20. The van der Waals surface area contributed by atoms with Crippen LogP contribution in [0.2, 0.25) is 0 Å². The van der Waals surface area contributed by atoms with Crippen LogP contribution >= 0.6 is 0 Å². The second kappa shape index (κ2) is 5.70. The van der Waals surface area contributed by atoms with E-state index in [9.17, 15) is 8.42 Å². The summed E-state index contributed by atoms with van der Waals surface area (Å²) in [5, 5.41) is 9.02. The molecule has 102 valence electrons. The highest BCUT2D eigenvalue weighted by atomic mass is 32.2. The van der Waals surface area contributed by atoms with E-state index in [4.69, 9.17) is 11.0 Å². The van der Waals surface area contributed by atoms with Crippen LogP contribution in [0.4, 0.5) is 0 Å². The predicted octanol–water partition coefficient (Wildman–Crippen LogP) is 1.06. The van der Waals surface area contributed by atoms with Gasteiger partial charge in [0.05, 0.1) is 10.5 Å². The Balaban J connectivity index is 2.34. The Hall–Kier alpha value is -1.42.